The predicted molar refractivity (Wildman–Crippen MR) is 113 cm³/mol. The van der Waals surface area contributed by atoms with Gasteiger partial charge < -0.3 is 10.6 Å². The molecule has 134 valence electrons. The molecule has 0 fully saturated rings. The standard InChI is InChI=1S/C22H30N2S/c1-5-6-7-18-8-14-21(15-9-18)24-22(25)23-17(4)20-12-10-19(11-13-20)16(2)3/h8-17H,5-7H2,1-4H3,(H2,23,24,25). The highest BCUT2D eigenvalue weighted by atomic mass is 32.1. The van der Waals surface area contributed by atoms with Gasteiger partial charge in [0.05, 0.1) is 6.04 Å². The third-order valence-electron chi connectivity index (χ3n) is 4.48. The maximum Gasteiger partial charge on any atom is 0.171 e. The molecule has 1 unspecified atom stereocenters. The first-order chi connectivity index (χ1) is 12.0. The van der Waals surface area contributed by atoms with Crippen LogP contribution in [0.4, 0.5) is 5.69 Å². The maximum atomic E-state index is 5.46. The van der Waals surface area contributed by atoms with E-state index in [-0.39, 0.29) is 6.04 Å². The van der Waals surface area contributed by atoms with Crippen LogP contribution in [0.5, 0.6) is 0 Å². The average molecular weight is 355 g/mol. The molecule has 0 radical (unpaired) electrons. The summed E-state index contributed by atoms with van der Waals surface area (Å²) in [6.07, 6.45) is 3.60. The van der Waals surface area contributed by atoms with E-state index < -0.39 is 0 Å². The number of thiocarbonyl (C=S) groups is 1. The maximum absolute atomic E-state index is 5.46. The van der Waals surface area contributed by atoms with Crippen molar-refractivity contribution in [3.63, 3.8) is 0 Å². The molecule has 2 rings (SSSR count). The van der Waals surface area contributed by atoms with Gasteiger partial charge in [-0.25, -0.2) is 0 Å². The van der Waals surface area contributed by atoms with Gasteiger partial charge in [0.15, 0.2) is 5.11 Å². The summed E-state index contributed by atoms with van der Waals surface area (Å²) in [6.45, 7) is 8.77. The molecule has 1 atom stereocenters. The lowest BCUT2D eigenvalue weighted by molar-refractivity contribution is 0.721. The number of rotatable bonds is 7. The summed E-state index contributed by atoms with van der Waals surface area (Å²) in [5, 5.41) is 7.29. The second kappa shape index (κ2) is 9.57. The third kappa shape index (κ3) is 6.17. The highest BCUT2D eigenvalue weighted by Gasteiger charge is 2.08. The summed E-state index contributed by atoms with van der Waals surface area (Å²) >= 11 is 5.46. The van der Waals surface area contributed by atoms with Crippen LogP contribution in [0.2, 0.25) is 0 Å². The second-order valence-corrected chi connectivity index (χ2v) is 7.35. The molecule has 0 aliphatic carbocycles. The van der Waals surface area contributed by atoms with Crippen LogP contribution in [0.25, 0.3) is 0 Å². The van der Waals surface area contributed by atoms with Crippen molar-refractivity contribution in [3.05, 3.63) is 65.2 Å². The van der Waals surface area contributed by atoms with Crippen LogP contribution in [-0.4, -0.2) is 5.11 Å². The molecule has 25 heavy (non-hydrogen) atoms. The molecule has 0 heterocycles. The molecule has 2 nitrogen and oxygen atoms in total. The fraction of sp³-hybridized carbons (Fsp3) is 0.409. The zero-order chi connectivity index (χ0) is 18.2. The summed E-state index contributed by atoms with van der Waals surface area (Å²) in [5.41, 5.74) is 5.01. The number of anilines is 1. The molecule has 2 aromatic carbocycles. The van der Waals surface area contributed by atoms with Gasteiger partial charge in [-0.2, -0.15) is 0 Å². The molecule has 0 bridgehead atoms. The van der Waals surface area contributed by atoms with E-state index in [1.807, 2.05) is 0 Å². The quantitative estimate of drug-likeness (QED) is 0.579. The Bertz CT molecular complexity index is 659. The lowest BCUT2D eigenvalue weighted by Gasteiger charge is -2.18. The number of benzene rings is 2. The Hall–Kier alpha value is -1.87. The SMILES string of the molecule is CCCCc1ccc(NC(=S)NC(C)c2ccc(C(C)C)cc2)cc1. The predicted octanol–water partition coefficient (Wildman–Crippen LogP) is 6.20. The average Bonchev–Trinajstić information content (AvgIpc) is 2.61. The number of hydrogen-bond donors (Lipinski definition) is 2. The summed E-state index contributed by atoms with van der Waals surface area (Å²) in [7, 11) is 0. The van der Waals surface area contributed by atoms with E-state index in [1.54, 1.807) is 0 Å². The molecule has 0 spiro atoms. The first kappa shape index (κ1) is 19.5. The minimum atomic E-state index is 0.171. The van der Waals surface area contributed by atoms with Crippen molar-refractivity contribution in [3.8, 4) is 0 Å². The first-order valence-corrected chi connectivity index (χ1v) is 9.66. The fourth-order valence-electron chi connectivity index (χ4n) is 2.75. The highest BCUT2D eigenvalue weighted by molar-refractivity contribution is 7.80. The Labute approximate surface area is 158 Å². The zero-order valence-corrected chi connectivity index (χ0v) is 16.6. The van der Waals surface area contributed by atoms with Crippen molar-refractivity contribution in [2.45, 2.75) is 58.9 Å². The molecule has 3 heteroatoms. The van der Waals surface area contributed by atoms with Crippen molar-refractivity contribution in [1.29, 1.82) is 0 Å². The zero-order valence-electron chi connectivity index (χ0n) is 15.8. The molecule has 2 aromatic rings. The topological polar surface area (TPSA) is 24.1 Å². The van der Waals surface area contributed by atoms with Crippen LogP contribution in [0.3, 0.4) is 0 Å². The van der Waals surface area contributed by atoms with E-state index in [1.165, 1.54) is 29.5 Å². The van der Waals surface area contributed by atoms with Gasteiger partial charge in [0, 0.05) is 5.69 Å². The number of hydrogen-bond acceptors (Lipinski definition) is 1. The molecular formula is C22H30N2S. The van der Waals surface area contributed by atoms with E-state index in [0.29, 0.717) is 11.0 Å². The van der Waals surface area contributed by atoms with E-state index in [0.717, 1.165) is 12.1 Å². The van der Waals surface area contributed by atoms with E-state index in [2.05, 4.69) is 86.9 Å². The summed E-state index contributed by atoms with van der Waals surface area (Å²) in [4.78, 5) is 0. The van der Waals surface area contributed by atoms with E-state index in [9.17, 15) is 0 Å². The minimum Gasteiger partial charge on any atom is -0.356 e. The van der Waals surface area contributed by atoms with Crippen LogP contribution < -0.4 is 10.6 Å². The molecule has 0 saturated carbocycles. The first-order valence-electron chi connectivity index (χ1n) is 9.26. The molecule has 2 N–H and O–H groups in total. The van der Waals surface area contributed by atoms with Gasteiger partial charge in [0.1, 0.15) is 0 Å². The molecular weight excluding hydrogens is 324 g/mol. The van der Waals surface area contributed by atoms with Crippen molar-refractivity contribution >= 4 is 23.0 Å². The Morgan fingerprint density at radius 1 is 0.920 bits per heavy atom. The Balaban J connectivity index is 1.88. The van der Waals surface area contributed by atoms with Gasteiger partial charge in [-0.15, -0.1) is 0 Å². The molecule has 0 amide bonds. The summed E-state index contributed by atoms with van der Waals surface area (Å²) in [6, 6.07) is 17.5. The number of nitrogens with one attached hydrogen (secondary N) is 2. The van der Waals surface area contributed by atoms with Gasteiger partial charge >= 0.3 is 0 Å². The molecule has 0 aromatic heterocycles. The van der Waals surface area contributed by atoms with Crippen LogP contribution in [0.15, 0.2) is 48.5 Å². The van der Waals surface area contributed by atoms with Crippen molar-refractivity contribution < 1.29 is 0 Å². The lowest BCUT2D eigenvalue weighted by atomic mass is 10.00. The van der Waals surface area contributed by atoms with E-state index in [4.69, 9.17) is 12.2 Å². The minimum absolute atomic E-state index is 0.171. The van der Waals surface area contributed by atoms with Crippen LogP contribution >= 0.6 is 12.2 Å². The van der Waals surface area contributed by atoms with Crippen molar-refractivity contribution in [1.82, 2.24) is 5.32 Å². The second-order valence-electron chi connectivity index (χ2n) is 6.94. The Morgan fingerprint density at radius 2 is 1.52 bits per heavy atom. The third-order valence-corrected chi connectivity index (χ3v) is 4.70. The van der Waals surface area contributed by atoms with Crippen molar-refractivity contribution in [2.24, 2.45) is 0 Å². The smallest absolute Gasteiger partial charge is 0.171 e. The normalized spacial score (nSPS) is 12.0. The van der Waals surface area contributed by atoms with Gasteiger partial charge in [0.25, 0.3) is 0 Å². The molecule has 0 aliphatic rings. The van der Waals surface area contributed by atoms with Crippen LogP contribution in [-0.2, 0) is 6.42 Å². The summed E-state index contributed by atoms with van der Waals surface area (Å²) in [5.74, 6) is 0.556. The van der Waals surface area contributed by atoms with Crippen molar-refractivity contribution in [2.75, 3.05) is 5.32 Å². The van der Waals surface area contributed by atoms with Crippen LogP contribution in [0.1, 0.15) is 69.2 Å². The molecule has 0 aliphatic heterocycles. The lowest BCUT2D eigenvalue weighted by Crippen LogP contribution is -2.30. The Morgan fingerprint density at radius 3 is 2.08 bits per heavy atom. The largest absolute Gasteiger partial charge is 0.356 e. The van der Waals surface area contributed by atoms with Crippen LogP contribution in [0, 0.1) is 0 Å². The van der Waals surface area contributed by atoms with E-state index >= 15 is 0 Å². The fourth-order valence-corrected chi connectivity index (χ4v) is 3.05. The van der Waals surface area contributed by atoms with Gasteiger partial charge in [-0.05, 0) is 66.7 Å². The summed E-state index contributed by atoms with van der Waals surface area (Å²) < 4.78 is 0. The van der Waals surface area contributed by atoms with Gasteiger partial charge in [0.2, 0.25) is 0 Å². The van der Waals surface area contributed by atoms with Gasteiger partial charge in [-0.1, -0.05) is 63.6 Å². The molecule has 0 saturated heterocycles. The monoisotopic (exact) mass is 354 g/mol. The highest BCUT2D eigenvalue weighted by Crippen LogP contribution is 2.19. The number of aryl methyl sites for hydroxylation is 1. The Kier molecular flexibility index (Phi) is 7.45. The van der Waals surface area contributed by atoms with Gasteiger partial charge in [-0.3, -0.25) is 0 Å². The number of unbranched alkanes of at least 4 members (excludes halogenated alkanes) is 1.